The molecule has 0 saturated heterocycles. The van der Waals surface area contributed by atoms with Gasteiger partial charge in [-0.15, -0.1) is 0 Å². The van der Waals surface area contributed by atoms with Crippen molar-refractivity contribution in [2.45, 2.75) is 26.8 Å². The number of amides is 3. The van der Waals surface area contributed by atoms with E-state index < -0.39 is 29.3 Å². The van der Waals surface area contributed by atoms with Gasteiger partial charge in [0.2, 0.25) is 11.9 Å². The van der Waals surface area contributed by atoms with Crippen molar-refractivity contribution in [3.63, 3.8) is 0 Å². The van der Waals surface area contributed by atoms with Crippen LogP contribution >= 0.6 is 0 Å². The van der Waals surface area contributed by atoms with E-state index in [0.717, 1.165) is 35.6 Å². The highest BCUT2D eigenvalue weighted by Crippen LogP contribution is 2.40. The largest absolute Gasteiger partial charge is 0.366 e. The van der Waals surface area contributed by atoms with Crippen LogP contribution in [0.4, 0.5) is 31.0 Å². The summed E-state index contributed by atoms with van der Waals surface area (Å²) in [6.07, 6.45) is 0.806. The highest BCUT2D eigenvalue weighted by atomic mass is 19.1. The van der Waals surface area contributed by atoms with Gasteiger partial charge in [-0.25, -0.2) is 23.5 Å². The molecular weight excluding hydrogens is 492 g/mol. The number of primary amides is 1. The quantitative estimate of drug-likeness (QED) is 0.464. The molecule has 0 aliphatic carbocycles. The standard InChI is InChI=1S/C27H31F2N7O2/c1-15-10-11-17(24(30)37)16(2)21(15)22-18-14-31-27(38)36(23-19(28)8-6-9-20(23)29)25(18)33-26(32-22)35(5)13-7-12-34(3)4/h6,8-11H,7,12-14H2,1-5H3,(H2,30,37)(H,31,38). The molecular formula is C27H31F2N7O2. The first-order chi connectivity index (χ1) is 18.0. The molecule has 1 aliphatic heterocycles. The molecule has 0 fully saturated rings. The summed E-state index contributed by atoms with van der Waals surface area (Å²) in [6.45, 7) is 5.09. The van der Waals surface area contributed by atoms with E-state index in [2.05, 4.69) is 15.2 Å². The van der Waals surface area contributed by atoms with Crippen molar-refractivity contribution < 1.29 is 18.4 Å². The molecule has 1 aliphatic rings. The van der Waals surface area contributed by atoms with Gasteiger partial charge in [0, 0.05) is 30.3 Å². The van der Waals surface area contributed by atoms with Gasteiger partial charge in [-0.3, -0.25) is 4.79 Å². The average molecular weight is 524 g/mol. The van der Waals surface area contributed by atoms with Crippen molar-refractivity contribution in [3.05, 3.63) is 64.2 Å². The molecule has 200 valence electrons. The van der Waals surface area contributed by atoms with E-state index in [4.69, 9.17) is 10.7 Å². The maximum absolute atomic E-state index is 14.9. The molecule has 3 aromatic rings. The van der Waals surface area contributed by atoms with E-state index in [1.54, 1.807) is 19.1 Å². The Morgan fingerprint density at radius 2 is 1.76 bits per heavy atom. The van der Waals surface area contributed by atoms with Crippen LogP contribution in [-0.4, -0.2) is 61.0 Å². The van der Waals surface area contributed by atoms with Gasteiger partial charge in [-0.2, -0.15) is 4.98 Å². The van der Waals surface area contributed by atoms with Crippen LogP contribution < -0.4 is 20.9 Å². The fourth-order valence-electron chi connectivity index (χ4n) is 4.64. The van der Waals surface area contributed by atoms with Gasteiger partial charge in [0.25, 0.3) is 0 Å². The van der Waals surface area contributed by atoms with Crippen LogP contribution in [0, 0.1) is 25.5 Å². The third-order valence-electron chi connectivity index (χ3n) is 6.58. The summed E-state index contributed by atoms with van der Waals surface area (Å²) < 4.78 is 29.9. The maximum Gasteiger partial charge on any atom is 0.328 e. The van der Waals surface area contributed by atoms with Crippen molar-refractivity contribution in [2.24, 2.45) is 5.73 Å². The van der Waals surface area contributed by atoms with Gasteiger partial charge in [-0.1, -0.05) is 12.1 Å². The number of hydrogen-bond donors (Lipinski definition) is 2. The van der Waals surface area contributed by atoms with Crippen LogP contribution in [-0.2, 0) is 6.54 Å². The first-order valence-electron chi connectivity index (χ1n) is 12.2. The summed E-state index contributed by atoms with van der Waals surface area (Å²) >= 11 is 0. The SMILES string of the molecule is Cc1ccc(C(N)=O)c(C)c1-c1nc(N(C)CCCN(C)C)nc2c1CNC(=O)N2c1c(F)cccc1F. The number of carbonyl (C=O) groups excluding carboxylic acids is 2. The number of urea groups is 1. The van der Waals surface area contributed by atoms with Crippen molar-refractivity contribution >= 4 is 29.4 Å². The summed E-state index contributed by atoms with van der Waals surface area (Å²) in [5.41, 5.74) is 8.41. The predicted octanol–water partition coefficient (Wildman–Crippen LogP) is 3.89. The molecule has 0 radical (unpaired) electrons. The van der Waals surface area contributed by atoms with Crippen molar-refractivity contribution in [1.29, 1.82) is 0 Å². The lowest BCUT2D eigenvalue weighted by Crippen LogP contribution is -2.43. The van der Waals surface area contributed by atoms with Gasteiger partial charge in [-0.05, 0) is 70.2 Å². The van der Waals surface area contributed by atoms with Crippen LogP contribution in [0.15, 0.2) is 30.3 Å². The van der Waals surface area contributed by atoms with Gasteiger partial charge in [0.15, 0.2) is 5.82 Å². The van der Waals surface area contributed by atoms with Crippen molar-refractivity contribution in [1.82, 2.24) is 20.2 Å². The summed E-state index contributed by atoms with van der Waals surface area (Å²) in [5.74, 6) is -2.05. The molecule has 0 spiro atoms. The van der Waals surface area contributed by atoms with Gasteiger partial charge in [0.1, 0.15) is 17.3 Å². The van der Waals surface area contributed by atoms with Crippen molar-refractivity contribution in [2.75, 3.05) is 44.0 Å². The Kier molecular flexibility index (Phi) is 7.58. The van der Waals surface area contributed by atoms with Crippen LogP contribution in [0.25, 0.3) is 11.3 Å². The number of nitrogens with zero attached hydrogens (tertiary/aromatic N) is 5. The van der Waals surface area contributed by atoms with E-state index in [1.165, 1.54) is 6.07 Å². The zero-order valence-electron chi connectivity index (χ0n) is 22.1. The molecule has 11 heteroatoms. The average Bonchev–Trinajstić information content (AvgIpc) is 2.84. The Morgan fingerprint density at radius 3 is 2.39 bits per heavy atom. The van der Waals surface area contributed by atoms with E-state index in [9.17, 15) is 18.4 Å². The fraction of sp³-hybridized carbons (Fsp3) is 0.333. The second-order valence-electron chi connectivity index (χ2n) is 9.61. The van der Waals surface area contributed by atoms with Gasteiger partial charge < -0.3 is 20.9 Å². The molecule has 3 amide bonds. The number of benzene rings is 2. The highest BCUT2D eigenvalue weighted by Gasteiger charge is 2.35. The van der Waals surface area contributed by atoms with E-state index in [1.807, 2.05) is 33.0 Å². The number of rotatable bonds is 8. The molecule has 1 aromatic heterocycles. The first-order valence-corrected chi connectivity index (χ1v) is 12.2. The minimum atomic E-state index is -0.905. The van der Waals surface area contributed by atoms with Gasteiger partial charge >= 0.3 is 6.03 Å². The maximum atomic E-state index is 14.9. The van der Waals surface area contributed by atoms with Crippen molar-refractivity contribution in [3.8, 4) is 11.3 Å². The number of nitrogens with two attached hydrogens (primary N) is 1. The summed E-state index contributed by atoms with van der Waals surface area (Å²) in [4.78, 5) is 39.5. The number of halogens is 2. The van der Waals surface area contributed by atoms with Crippen LogP contribution in [0.5, 0.6) is 0 Å². The topological polar surface area (TPSA) is 108 Å². The minimum absolute atomic E-state index is 0.0281. The molecule has 9 nitrogen and oxygen atoms in total. The number of aryl methyl sites for hydroxylation is 1. The summed E-state index contributed by atoms with van der Waals surface area (Å²) in [7, 11) is 5.77. The van der Waals surface area contributed by atoms with E-state index in [0.29, 0.717) is 34.5 Å². The Bertz CT molecular complexity index is 1390. The van der Waals surface area contributed by atoms with E-state index >= 15 is 0 Å². The number of aromatic nitrogens is 2. The van der Waals surface area contributed by atoms with Gasteiger partial charge in [0.05, 0.1) is 12.2 Å². The van der Waals surface area contributed by atoms with Crippen LogP contribution in [0.3, 0.4) is 0 Å². The number of hydrogen-bond acceptors (Lipinski definition) is 6. The second-order valence-corrected chi connectivity index (χ2v) is 9.61. The molecule has 0 unspecified atom stereocenters. The smallest absolute Gasteiger partial charge is 0.328 e. The molecule has 2 aromatic carbocycles. The molecule has 38 heavy (non-hydrogen) atoms. The molecule has 2 heterocycles. The molecule has 4 rings (SSSR count). The third-order valence-corrected chi connectivity index (χ3v) is 6.58. The summed E-state index contributed by atoms with van der Waals surface area (Å²) in [5, 5.41) is 2.69. The zero-order valence-corrected chi connectivity index (χ0v) is 22.1. The lowest BCUT2D eigenvalue weighted by molar-refractivity contribution is 0.0999. The Hall–Kier alpha value is -4.12. The lowest BCUT2D eigenvalue weighted by Gasteiger charge is -2.32. The Labute approximate surface area is 220 Å². The Balaban J connectivity index is 1.99. The first kappa shape index (κ1) is 26.9. The number of carbonyl (C=O) groups is 2. The van der Waals surface area contributed by atoms with E-state index in [-0.39, 0.29) is 18.3 Å². The second kappa shape index (κ2) is 10.7. The Morgan fingerprint density at radius 1 is 1.08 bits per heavy atom. The normalized spacial score (nSPS) is 12.9. The highest BCUT2D eigenvalue weighted by molar-refractivity contribution is 6.03. The molecule has 0 bridgehead atoms. The predicted molar refractivity (Wildman–Crippen MR) is 143 cm³/mol. The van der Waals surface area contributed by atoms with Crippen LogP contribution in [0.2, 0.25) is 0 Å². The number of para-hydroxylation sites is 1. The number of nitrogens with one attached hydrogen (secondary N) is 1. The fourth-order valence-corrected chi connectivity index (χ4v) is 4.64. The lowest BCUT2D eigenvalue weighted by atomic mass is 9.92. The monoisotopic (exact) mass is 523 g/mol. The summed E-state index contributed by atoms with van der Waals surface area (Å²) in [6, 6.07) is 6.11. The molecule has 0 saturated carbocycles. The minimum Gasteiger partial charge on any atom is -0.366 e. The number of fused-ring (bicyclic) bond motifs is 1. The zero-order chi connectivity index (χ0) is 27.7. The molecule has 0 atom stereocenters. The third kappa shape index (κ3) is 5.01. The molecule has 3 N–H and O–H groups in total. The number of anilines is 3. The van der Waals surface area contributed by atoms with Crippen LogP contribution in [0.1, 0.15) is 33.5 Å².